The van der Waals surface area contributed by atoms with Gasteiger partial charge in [-0.1, -0.05) is 80.6 Å². The number of nitrogens with one attached hydrogen (secondary N) is 2. The summed E-state index contributed by atoms with van der Waals surface area (Å²) in [4.78, 5) is 23.2. The highest BCUT2D eigenvalue weighted by molar-refractivity contribution is 7.85. The molecule has 0 spiro atoms. The van der Waals surface area contributed by atoms with Gasteiger partial charge in [-0.05, 0) is 43.7 Å². The van der Waals surface area contributed by atoms with Gasteiger partial charge in [-0.25, -0.2) is 0 Å². The molecule has 0 radical (unpaired) electrons. The Morgan fingerprint density at radius 1 is 0.800 bits per heavy atom. The van der Waals surface area contributed by atoms with Crippen LogP contribution in [0.5, 0.6) is 0 Å². The molecule has 0 atom stereocenters. The van der Waals surface area contributed by atoms with Gasteiger partial charge in [0, 0.05) is 17.8 Å². The van der Waals surface area contributed by atoms with Gasteiger partial charge in [0.05, 0.1) is 12.2 Å². The Morgan fingerprint density at radius 2 is 1.31 bits per heavy atom. The Morgan fingerprint density at radius 3 is 1.83 bits per heavy atom. The van der Waals surface area contributed by atoms with Gasteiger partial charge in [-0.3, -0.25) is 14.1 Å². The van der Waals surface area contributed by atoms with Crippen molar-refractivity contribution < 1.29 is 22.6 Å². The van der Waals surface area contributed by atoms with Crippen molar-refractivity contribution in [3.63, 3.8) is 0 Å². The van der Waals surface area contributed by atoms with Crippen molar-refractivity contribution >= 4 is 27.6 Å². The van der Waals surface area contributed by atoms with E-state index in [0.29, 0.717) is 12.0 Å². The molecule has 0 fully saturated rings. The van der Waals surface area contributed by atoms with Crippen LogP contribution in [0.4, 0.5) is 5.69 Å². The summed E-state index contributed by atoms with van der Waals surface area (Å²) >= 11 is 0. The minimum Gasteiger partial charge on any atom is -0.351 e. The highest BCUT2D eigenvalue weighted by Gasteiger charge is 2.08. The van der Waals surface area contributed by atoms with E-state index in [0.717, 1.165) is 16.8 Å². The maximum Gasteiger partial charge on any atom is 0.266 e. The van der Waals surface area contributed by atoms with Crippen molar-refractivity contribution in [2.24, 2.45) is 0 Å². The van der Waals surface area contributed by atoms with Crippen LogP contribution >= 0.6 is 0 Å². The average molecular weight is 501 g/mol. The van der Waals surface area contributed by atoms with Crippen LogP contribution in [0.25, 0.3) is 0 Å². The second-order valence-electron chi connectivity index (χ2n) is 7.48. The fraction of sp³-hybridized carbons (Fsp3) is 0.259. The molecule has 35 heavy (non-hydrogen) atoms. The monoisotopic (exact) mass is 500 g/mol. The molecule has 0 saturated heterocycles. The molecule has 2 amide bonds. The summed E-state index contributed by atoms with van der Waals surface area (Å²) in [6.45, 7) is 3.82. The minimum absolute atomic E-state index is 0. The molecule has 190 valence electrons. The molecule has 0 aliphatic heterocycles. The van der Waals surface area contributed by atoms with Crippen molar-refractivity contribution in [2.45, 2.75) is 35.1 Å². The number of rotatable bonds is 7. The summed E-state index contributed by atoms with van der Waals surface area (Å²) in [6, 6.07) is 24.4. The third-order valence-electron chi connectivity index (χ3n) is 4.50. The van der Waals surface area contributed by atoms with Gasteiger partial charge < -0.3 is 10.6 Å². The summed E-state index contributed by atoms with van der Waals surface area (Å²) in [6.07, 6.45) is 0.411. The molecular weight excluding hydrogens is 464 g/mol. The van der Waals surface area contributed by atoms with Gasteiger partial charge >= 0.3 is 0 Å². The Bertz CT molecular complexity index is 1140. The van der Waals surface area contributed by atoms with E-state index in [1.807, 2.05) is 68.4 Å². The number of hydrogen-bond donors (Lipinski definition) is 3. The lowest BCUT2D eigenvalue weighted by atomic mass is 10.1. The van der Waals surface area contributed by atoms with Gasteiger partial charge in [0.2, 0.25) is 5.91 Å². The first-order chi connectivity index (χ1) is 15.6. The first-order valence-corrected chi connectivity index (χ1v) is 11.9. The molecule has 0 unspecified atom stereocenters. The van der Waals surface area contributed by atoms with Gasteiger partial charge in [0.1, 0.15) is 0 Å². The molecule has 0 aliphatic rings. The van der Waals surface area contributed by atoms with Crippen molar-refractivity contribution in [1.29, 1.82) is 0 Å². The summed E-state index contributed by atoms with van der Waals surface area (Å²) in [7, 11) is -4.02. The van der Waals surface area contributed by atoms with Crippen LogP contribution in [0.2, 0.25) is 0 Å². The molecule has 3 rings (SSSR count). The summed E-state index contributed by atoms with van der Waals surface area (Å²) in [5.74, 6) is -0.825. The van der Waals surface area contributed by atoms with Crippen LogP contribution in [0.15, 0.2) is 78.9 Å². The zero-order chi connectivity index (χ0) is 24.3. The average Bonchev–Trinajstić information content (AvgIpc) is 2.76. The summed E-state index contributed by atoms with van der Waals surface area (Å²) in [5, 5.41) is 5.28. The normalized spacial score (nSPS) is 9.91. The largest absolute Gasteiger partial charge is 0.351 e. The van der Waals surface area contributed by atoms with E-state index in [1.165, 1.54) is 5.56 Å². The fourth-order valence-corrected chi connectivity index (χ4v) is 3.08. The molecule has 0 aliphatic carbocycles. The lowest BCUT2D eigenvalue weighted by Crippen LogP contribution is -2.28. The van der Waals surface area contributed by atoms with Crippen LogP contribution in [-0.2, 0) is 21.3 Å². The van der Waals surface area contributed by atoms with E-state index >= 15 is 0 Å². The van der Waals surface area contributed by atoms with Crippen molar-refractivity contribution in [3.8, 4) is 0 Å². The van der Waals surface area contributed by atoms with E-state index in [9.17, 15) is 18.0 Å². The van der Waals surface area contributed by atoms with E-state index in [4.69, 9.17) is 4.55 Å². The maximum absolute atomic E-state index is 11.8. The van der Waals surface area contributed by atoms with E-state index in [2.05, 4.69) is 10.6 Å². The summed E-state index contributed by atoms with van der Waals surface area (Å²) < 4.78 is 29.3. The highest BCUT2D eigenvalue weighted by atomic mass is 32.2. The molecule has 0 aromatic heterocycles. The first-order valence-electron chi connectivity index (χ1n) is 10.3. The minimum atomic E-state index is -4.02. The Balaban J connectivity index is 0.000000626. The number of benzene rings is 3. The summed E-state index contributed by atoms with van der Waals surface area (Å²) in [5.41, 5.74) is 4.55. The van der Waals surface area contributed by atoms with E-state index in [-0.39, 0.29) is 33.2 Å². The van der Waals surface area contributed by atoms with Crippen LogP contribution in [0.1, 0.15) is 41.9 Å². The number of aryl methyl sites for hydroxylation is 2. The molecule has 0 bridgehead atoms. The van der Waals surface area contributed by atoms with Gasteiger partial charge in [-0.2, -0.15) is 8.42 Å². The van der Waals surface area contributed by atoms with Crippen molar-refractivity contribution in [3.05, 3.63) is 101 Å². The SMILES string of the molecule is C.C.Cc1ccc(C(=O)NCCS(=O)(=O)O)cc1.Cc1ccc(NC(=O)Cc2ccccc2)cc1. The number of anilines is 1. The number of hydrogen-bond acceptors (Lipinski definition) is 4. The lowest BCUT2D eigenvalue weighted by Gasteiger charge is -2.05. The quantitative estimate of drug-likeness (QED) is 0.393. The van der Waals surface area contributed by atoms with Crippen LogP contribution in [0, 0.1) is 13.8 Å². The molecule has 3 aromatic rings. The third-order valence-corrected chi connectivity index (χ3v) is 5.22. The van der Waals surface area contributed by atoms with Crippen LogP contribution in [0.3, 0.4) is 0 Å². The zero-order valence-corrected chi connectivity index (χ0v) is 19.4. The smallest absolute Gasteiger partial charge is 0.266 e. The van der Waals surface area contributed by atoms with E-state index < -0.39 is 15.9 Å². The van der Waals surface area contributed by atoms with Crippen molar-refractivity contribution in [2.75, 3.05) is 17.6 Å². The third kappa shape index (κ3) is 13.1. The predicted molar refractivity (Wildman–Crippen MR) is 143 cm³/mol. The molecule has 3 N–H and O–H groups in total. The molecular formula is C27H36N2O5S. The highest BCUT2D eigenvalue weighted by Crippen LogP contribution is 2.09. The maximum atomic E-state index is 11.8. The number of carbonyl (C=O) groups excluding carboxylic acids is 2. The topological polar surface area (TPSA) is 113 Å². The molecule has 3 aromatic carbocycles. The standard InChI is InChI=1S/C15H15NO.C10H13NO4S.2CH4/c1-12-7-9-14(10-8-12)16-15(17)11-13-5-3-2-4-6-13;1-8-2-4-9(5-3-8)10(12)11-6-7-16(13,14)15;;/h2-10H,11H2,1H3,(H,16,17);2-5H,6-7H2,1H3,(H,11,12)(H,13,14,15);2*1H4. The van der Waals surface area contributed by atoms with Crippen LogP contribution in [-0.4, -0.2) is 37.1 Å². The van der Waals surface area contributed by atoms with Gasteiger partial charge in [0.25, 0.3) is 16.0 Å². The Labute approximate surface area is 209 Å². The molecule has 7 nitrogen and oxygen atoms in total. The number of amides is 2. The zero-order valence-electron chi connectivity index (χ0n) is 18.6. The fourth-order valence-electron chi connectivity index (χ4n) is 2.72. The van der Waals surface area contributed by atoms with Gasteiger partial charge in [-0.15, -0.1) is 0 Å². The second-order valence-corrected chi connectivity index (χ2v) is 9.06. The van der Waals surface area contributed by atoms with Crippen LogP contribution < -0.4 is 10.6 Å². The van der Waals surface area contributed by atoms with Gasteiger partial charge in [0.15, 0.2) is 0 Å². The Hall–Kier alpha value is -3.49. The first kappa shape index (κ1) is 31.5. The molecule has 0 heterocycles. The second kappa shape index (κ2) is 15.4. The Kier molecular flexibility index (Phi) is 13.9. The molecule has 8 heteroatoms. The lowest BCUT2D eigenvalue weighted by molar-refractivity contribution is -0.115. The predicted octanol–water partition coefficient (Wildman–Crippen LogP) is 5.06. The number of carbonyl (C=O) groups is 2. The van der Waals surface area contributed by atoms with Crippen molar-refractivity contribution in [1.82, 2.24) is 5.32 Å². The van der Waals surface area contributed by atoms with E-state index in [1.54, 1.807) is 24.3 Å². The molecule has 0 saturated carbocycles.